The smallest absolute Gasteiger partial charge is 0.207 e. The normalized spacial score (nSPS) is 12.7. The van der Waals surface area contributed by atoms with Crippen molar-refractivity contribution in [1.82, 2.24) is 4.72 Å². The molecule has 0 aromatic heterocycles. The van der Waals surface area contributed by atoms with Crippen molar-refractivity contribution in [3.05, 3.63) is 30.1 Å². The highest BCUT2D eigenvalue weighted by molar-refractivity contribution is 9.09. The molecule has 0 heterocycles. The van der Waals surface area contributed by atoms with E-state index in [1.165, 1.54) is 12.1 Å². The lowest BCUT2D eigenvalue weighted by molar-refractivity contribution is 0.398. The maximum atomic E-state index is 12.8. The van der Waals surface area contributed by atoms with Gasteiger partial charge in [0, 0.05) is 10.9 Å². The van der Waals surface area contributed by atoms with Crippen molar-refractivity contribution >= 4 is 26.0 Å². The maximum Gasteiger partial charge on any atom is 0.241 e. The second kappa shape index (κ2) is 6.12. The van der Waals surface area contributed by atoms with Crippen molar-refractivity contribution in [2.75, 3.05) is 5.33 Å². The van der Waals surface area contributed by atoms with Gasteiger partial charge in [-0.05, 0) is 37.1 Å². The average Bonchev–Trinajstić information content (AvgIpc) is 2.37. The Hall–Kier alpha value is -0.460. The minimum absolute atomic E-state index is 0.0797. The molecule has 18 heavy (non-hydrogen) atoms. The summed E-state index contributed by atoms with van der Waals surface area (Å²) in [6, 6.07) is 4.81. The summed E-state index contributed by atoms with van der Waals surface area (Å²) in [5.41, 5.74) is -0.507. The van der Waals surface area contributed by atoms with Crippen molar-refractivity contribution in [3.8, 4) is 0 Å². The number of halogens is 2. The molecule has 0 amide bonds. The fourth-order valence-electron chi connectivity index (χ4n) is 1.57. The molecule has 0 fully saturated rings. The van der Waals surface area contributed by atoms with Crippen LogP contribution in [0.4, 0.5) is 4.39 Å². The number of nitrogens with one attached hydrogen (secondary N) is 1. The minimum Gasteiger partial charge on any atom is -0.207 e. The molecule has 102 valence electrons. The highest BCUT2D eigenvalue weighted by atomic mass is 79.9. The first-order valence-electron chi connectivity index (χ1n) is 5.74. The predicted octanol–water partition coefficient (Wildman–Crippen LogP) is 3.06. The SMILES string of the molecule is CCC(CC)(CBr)NS(=O)(=O)c1ccc(F)cc1. The molecule has 0 aliphatic rings. The number of rotatable bonds is 6. The summed E-state index contributed by atoms with van der Waals surface area (Å²) < 4.78 is 39.8. The van der Waals surface area contributed by atoms with Crippen molar-refractivity contribution < 1.29 is 12.8 Å². The van der Waals surface area contributed by atoms with Crippen molar-refractivity contribution in [3.63, 3.8) is 0 Å². The van der Waals surface area contributed by atoms with Crippen molar-refractivity contribution in [2.24, 2.45) is 0 Å². The van der Waals surface area contributed by atoms with Crippen LogP contribution in [0.15, 0.2) is 29.2 Å². The first kappa shape index (κ1) is 15.6. The van der Waals surface area contributed by atoms with Crippen molar-refractivity contribution in [1.29, 1.82) is 0 Å². The fourth-order valence-corrected chi connectivity index (χ4v) is 4.23. The van der Waals surface area contributed by atoms with Crippen LogP contribution < -0.4 is 4.72 Å². The van der Waals surface area contributed by atoms with Crippen LogP contribution in [-0.2, 0) is 10.0 Å². The van der Waals surface area contributed by atoms with Gasteiger partial charge in [-0.15, -0.1) is 0 Å². The zero-order valence-corrected chi connectivity index (χ0v) is 12.8. The van der Waals surface area contributed by atoms with E-state index >= 15 is 0 Å². The molecule has 6 heteroatoms. The van der Waals surface area contributed by atoms with Gasteiger partial charge >= 0.3 is 0 Å². The number of benzene rings is 1. The van der Waals surface area contributed by atoms with Gasteiger partial charge in [-0.1, -0.05) is 29.8 Å². The lowest BCUT2D eigenvalue weighted by Gasteiger charge is -2.30. The third-order valence-electron chi connectivity index (χ3n) is 3.08. The standard InChI is InChI=1S/C12H17BrFNO2S/c1-3-12(4-2,9-13)15-18(16,17)11-7-5-10(14)6-8-11/h5-8,15H,3-4,9H2,1-2H3. The fraction of sp³-hybridized carbons (Fsp3) is 0.500. The summed E-state index contributed by atoms with van der Waals surface area (Å²) >= 11 is 3.34. The third kappa shape index (κ3) is 3.52. The predicted molar refractivity (Wildman–Crippen MR) is 73.8 cm³/mol. The number of sulfonamides is 1. The Morgan fingerprint density at radius 2 is 1.72 bits per heavy atom. The van der Waals surface area contributed by atoms with Gasteiger partial charge in [0.05, 0.1) is 4.90 Å². The maximum absolute atomic E-state index is 12.8. The Morgan fingerprint density at radius 3 is 2.11 bits per heavy atom. The Bertz CT molecular complexity index is 475. The van der Waals surface area contributed by atoms with Gasteiger partial charge in [-0.2, -0.15) is 0 Å². The van der Waals surface area contributed by atoms with E-state index in [4.69, 9.17) is 0 Å². The van der Waals surface area contributed by atoms with Gasteiger partial charge in [0.25, 0.3) is 0 Å². The lowest BCUT2D eigenvalue weighted by Crippen LogP contribution is -2.48. The summed E-state index contributed by atoms with van der Waals surface area (Å²) in [4.78, 5) is 0.0797. The molecule has 0 unspecified atom stereocenters. The zero-order valence-electron chi connectivity index (χ0n) is 10.4. The molecule has 1 aromatic rings. The summed E-state index contributed by atoms with van der Waals surface area (Å²) in [7, 11) is -3.62. The number of hydrogen-bond donors (Lipinski definition) is 1. The van der Waals surface area contributed by atoms with Gasteiger partial charge in [0.2, 0.25) is 10.0 Å². The topological polar surface area (TPSA) is 46.2 Å². The molecule has 0 saturated heterocycles. The second-order valence-electron chi connectivity index (χ2n) is 4.18. The monoisotopic (exact) mass is 337 g/mol. The molecule has 0 radical (unpaired) electrons. The Morgan fingerprint density at radius 1 is 1.22 bits per heavy atom. The molecule has 1 N–H and O–H groups in total. The quantitative estimate of drug-likeness (QED) is 0.811. The second-order valence-corrected chi connectivity index (χ2v) is 6.42. The Balaban J connectivity index is 3.04. The van der Waals surface area contributed by atoms with Crippen LogP contribution in [0, 0.1) is 5.82 Å². The molecule has 1 aromatic carbocycles. The lowest BCUT2D eigenvalue weighted by atomic mass is 9.97. The molecular formula is C12H17BrFNO2S. The summed E-state index contributed by atoms with van der Waals surface area (Å²) in [5.74, 6) is -0.452. The van der Waals surface area contributed by atoms with E-state index in [1.54, 1.807) is 0 Å². The van der Waals surface area contributed by atoms with Crippen LogP contribution in [0.5, 0.6) is 0 Å². The highest BCUT2D eigenvalue weighted by Gasteiger charge is 2.30. The molecule has 0 bridgehead atoms. The average molecular weight is 338 g/mol. The van der Waals surface area contributed by atoms with Gasteiger partial charge in [-0.3, -0.25) is 0 Å². The zero-order chi connectivity index (χ0) is 13.8. The summed E-state index contributed by atoms with van der Waals surface area (Å²) in [5, 5.41) is 0.535. The molecule has 0 aliphatic carbocycles. The highest BCUT2D eigenvalue weighted by Crippen LogP contribution is 2.22. The molecule has 0 saturated carbocycles. The van der Waals surface area contributed by atoms with Crippen molar-refractivity contribution in [2.45, 2.75) is 37.1 Å². The van der Waals surface area contributed by atoms with Crippen LogP contribution in [-0.4, -0.2) is 19.3 Å². The van der Waals surface area contributed by atoms with E-state index in [0.29, 0.717) is 18.2 Å². The molecule has 3 nitrogen and oxygen atoms in total. The van der Waals surface area contributed by atoms with Crippen LogP contribution in [0.3, 0.4) is 0 Å². The summed E-state index contributed by atoms with van der Waals surface area (Å²) in [6.07, 6.45) is 1.35. The van der Waals surface area contributed by atoms with Crippen LogP contribution in [0.2, 0.25) is 0 Å². The van der Waals surface area contributed by atoms with E-state index in [0.717, 1.165) is 12.1 Å². The van der Waals surface area contributed by atoms with Gasteiger partial charge in [-0.25, -0.2) is 17.5 Å². The minimum atomic E-state index is -3.62. The van der Waals surface area contributed by atoms with E-state index in [9.17, 15) is 12.8 Å². The van der Waals surface area contributed by atoms with Gasteiger partial charge in [0.15, 0.2) is 0 Å². The number of hydrogen-bond acceptors (Lipinski definition) is 2. The molecule has 0 atom stereocenters. The van der Waals surface area contributed by atoms with E-state index in [2.05, 4.69) is 20.7 Å². The van der Waals surface area contributed by atoms with Gasteiger partial charge in [0.1, 0.15) is 5.82 Å². The summed E-state index contributed by atoms with van der Waals surface area (Å²) in [6.45, 7) is 3.86. The van der Waals surface area contributed by atoms with Gasteiger partial charge < -0.3 is 0 Å². The van der Waals surface area contributed by atoms with Crippen LogP contribution in [0.25, 0.3) is 0 Å². The van der Waals surface area contributed by atoms with E-state index < -0.39 is 21.4 Å². The first-order valence-corrected chi connectivity index (χ1v) is 8.35. The van der Waals surface area contributed by atoms with E-state index in [-0.39, 0.29) is 4.90 Å². The Labute approximate surface area is 116 Å². The molecular weight excluding hydrogens is 321 g/mol. The molecule has 1 rings (SSSR count). The number of alkyl halides is 1. The van der Waals surface area contributed by atoms with Crippen LogP contribution in [0.1, 0.15) is 26.7 Å². The molecule has 0 aliphatic heterocycles. The third-order valence-corrected chi connectivity index (χ3v) is 5.75. The largest absolute Gasteiger partial charge is 0.241 e. The van der Waals surface area contributed by atoms with E-state index in [1.807, 2.05) is 13.8 Å². The first-order chi connectivity index (χ1) is 8.39. The Kier molecular flexibility index (Phi) is 5.31. The molecule has 0 spiro atoms. The van der Waals surface area contributed by atoms with Crippen LogP contribution >= 0.6 is 15.9 Å².